The maximum Gasteiger partial charge on any atom is 0.121 e. The second kappa shape index (κ2) is 5.47. The standard InChI is InChI=1S/C17H19N3/c1-12-6-5-7-14(13(12)2)10-18-11-17-19-15-8-3-4-9-16(15)20-17/h3-9,18H,10-11H2,1-2H3,(H,19,20). The molecule has 0 atom stereocenters. The third-order valence-electron chi connectivity index (χ3n) is 3.76. The Labute approximate surface area is 119 Å². The quantitative estimate of drug-likeness (QED) is 0.758. The Morgan fingerprint density at radius 2 is 1.85 bits per heavy atom. The van der Waals surface area contributed by atoms with Gasteiger partial charge in [-0.05, 0) is 42.7 Å². The van der Waals surface area contributed by atoms with Crippen LogP contribution in [0.4, 0.5) is 0 Å². The summed E-state index contributed by atoms with van der Waals surface area (Å²) < 4.78 is 0. The van der Waals surface area contributed by atoms with E-state index in [1.807, 2.05) is 18.2 Å². The Hall–Kier alpha value is -2.13. The zero-order valence-electron chi connectivity index (χ0n) is 11.9. The van der Waals surface area contributed by atoms with Crippen molar-refractivity contribution in [1.29, 1.82) is 0 Å². The first-order chi connectivity index (χ1) is 9.74. The zero-order valence-corrected chi connectivity index (χ0v) is 11.9. The average molecular weight is 265 g/mol. The van der Waals surface area contributed by atoms with E-state index in [9.17, 15) is 0 Å². The van der Waals surface area contributed by atoms with Gasteiger partial charge in [-0.15, -0.1) is 0 Å². The van der Waals surface area contributed by atoms with Gasteiger partial charge in [0.05, 0.1) is 17.6 Å². The van der Waals surface area contributed by atoms with Gasteiger partial charge in [0.1, 0.15) is 5.82 Å². The van der Waals surface area contributed by atoms with Crippen LogP contribution in [-0.2, 0) is 13.1 Å². The SMILES string of the molecule is Cc1cccc(CNCc2nc3ccccc3[nH]2)c1C. The van der Waals surface area contributed by atoms with E-state index >= 15 is 0 Å². The highest BCUT2D eigenvalue weighted by Crippen LogP contribution is 2.13. The minimum atomic E-state index is 0.752. The number of aromatic nitrogens is 2. The highest BCUT2D eigenvalue weighted by atomic mass is 15.0. The van der Waals surface area contributed by atoms with Gasteiger partial charge in [-0.3, -0.25) is 0 Å². The molecule has 0 aliphatic heterocycles. The summed E-state index contributed by atoms with van der Waals surface area (Å²) in [6.07, 6.45) is 0. The van der Waals surface area contributed by atoms with Crippen LogP contribution in [0.5, 0.6) is 0 Å². The largest absolute Gasteiger partial charge is 0.341 e. The van der Waals surface area contributed by atoms with Gasteiger partial charge < -0.3 is 10.3 Å². The van der Waals surface area contributed by atoms with Crippen LogP contribution in [0.15, 0.2) is 42.5 Å². The Morgan fingerprint density at radius 3 is 2.70 bits per heavy atom. The molecule has 2 N–H and O–H groups in total. The summed E-state index contributed by atoms with van der Waals surface area (Å²) in [6, 6.07) is 14.5. The molecule has 2 aromatic carbocycles. The Kier molecular flexibility index (Phi) is 3.52. The Balaban J connectivity index is 1.66. The van der Waals surface area contributed by atoms with E-state index in [1.165, 1.54) is 16.7 Å². The minimum absolute atomic E-state index is 0.752. The molecule has 20 heavy (non-hydrogen) atoms. The molecular formula is C17H19N3. The first-order valence-electron chi connectivity index (χ1n) is 6.93. The maximum atomic E-state index is 4.57. The fourth-order valence-electron chi connectivity index (χ4n) is 2.41. The molecule has 3 heteroatoms. The van der Waals surface area contributed by atoms with E-state index in [0.29, 0.717) is 0 Å². The predicted octanol–water partition coefficient (Wildman–Crippen LogP) is 3.47. The van der Waals surface area contributed by atoms with Crippen LogP contribution in [0.2, 0.25) is 0 Å². The molecule has 0 spiro atoms. The number of H-pyrrole nitrogens is 1. The lowest BCUT2D eigenvalue weighted by atomic mass is 10.0. The monoisotopic (exact) mass is 265 g/mol. The highest BCUT2D eigenvalue weighted by Gasteiger charge is 2.03. The summed E-state index contributed by atoms with van der Waals surface area (Å²) in [7, 11) is 0. The molecule has 3 rings (SSSR count). The second-order valence-electron chi connectivity index (χ2n) is 5.16. The molecule has 0 amide bonds. The van der Waals surface area contributed by atoms with Crippen molar-refractivity contribution >= 4 is 11.0 Å². The molecule has 0 saturated heterocycles. The molecule has 0 unspecified atom stereocenters. The number of nitrogens with zero attached hydrogens (tertiary/aromatic N) is 1. The number of rotatable bonds is 4. The third-order valence-corrected chi connectivity index (χ3v) is 3.76. The summed E-state index contributed by atoms with van der Waals surface area (Å²) >= 11 is 0. The molecule has 3 aromatic rings. The van der Waals surface area contributed by atoms with Gasteiger partial charge in [-0.1, -0.05) is 30.3 Å². The molecule has 0 fully saturated rings. The molecule has 102 valence electrons. The van der Waals surface area contributed by atoms with Gasteiger partial charge >= 0.3 is 0 Å². The molecule has 0 saturated carbocycles. The number of para-hydroxylation sites is 2. The van der Waals surface area contributed by atoms with Gasteiger partial charge in [0.25, 0.3) is 0 Å². The van der Waals surface area contributed by atoms with Gasteiger partial charge in [0.2, 0.25) is 0 Å². The van der Waals surface area contributed by atoms with Crippen molar-refractivity contribution in [3.8, 4) is 0 Å². The van der Waals surface area contributed by atoms with E-state index in [4.69, 9.17) is 0 Å². The Morgan fingerprint density at radius 1 is 1.00 bits per heavy atom. The van der Waals surface area contributed by atoms with E-state index in [-0.39, 0.29) is 0 Å². The number of benzene rings is 2. The van der Waals surface area contributed by atoms with Gasteiger partial charge in [0, 0.05) is 6.54 Å². The van der Waals surface area contributed by atoms with Crippen molar-refractivity contribution in [2.75, 3.05) is 0 Å². The summed E-state index contributed by atoms with van der Waals surface area (Å²) in [4.78, 5) is 7.90. The molecule has 0 aliphatic carbocycles. The topological polar surface area (TPSA) is 40.7 Å². The lowest BCUT2D eigenvalue weighted by molar-refractivity contribution is 0.667. The number of hydrogen-bond acceptors (Lipinski definition) is 2. The van der Waals surface area contributed by atoms with E-state index < -0.39 is 0 Å². The normalized spacial score (nSPS) is 11.1. The molecule has 0 radical (unpaired) electrons. The van der Waals surface area contributed by atoms with Crippen LogP contribution in [0.3, 0.4) is 0 Å². The van der Waals surface area contributed by atoms with Crippen LogP contribution in [0.1, 0.15) is 22.5 Å². The van der Waals surface area contributed by atoms with Crippen molar-refractivity contribution in [1.82, 2.24) is 15.3 Å². The average Bonchev–Trinajstić information content (AvgIpc) is 2.86. The molecule has 3 nitrogen and oxygen atoms in total. The highest BCUT2D eigenvalue weighted by molar-refractivity contribution is 5.74. The number of fused-ring (bicyclic) bond motifs is 1. The second-order valence-corrected chi connectivity index (χ2v) is 5.16. The molecule has 0 bridgehead atoms. The van der Waals surface area contributed by atoms with Gasteiger partial charge in [-0.25, -0.2) is 4.98 Å². The summed E-state index contributed by atoms with van der Waals surface area (Å²) in [5.74, 6) is 0.983. The first kappa shape index (κ1) is 12.9. The van der Waals surface area contributed by atoms with Crippen LogP contribution in [-0.4, -0.2) is 9.97 Å². The van der Waals surface area contributed by atoms with Crippen LogP contribution >= 0.6 is 0 Å². The fourth-order valence-corrected chi connectivity index (χ4v) is 2.41. The fraction of sp³-hybridized carbons (Fsp3) is 0.235. The van der Waals surface area contributed by atoms with Crippen molar-refractivity contribution in [2.24, 2.45) is 0 Å². The van der Waals surface area contributed by atoms with Crippen molar-refractivity contribution in [2.45, 2.75) is 26.9 Å². The summed E-state index contributed by atoms with van der Waals surface area (Å²) in [5.41, 5.74) is 6.17. The third kappa shape index (κ3) is 2.58. The molecule has 0 aliphatic rings. The smallest absolute Gasteiger partial charge is 0.121 e. The zero-order chi connectivity index (χ0) is 13.9. The number of aryl methyl sites for hydroxylation is 1. The lowest BCUT2D eigenvalue weighted by Gasteiger charge is -2.08. The van der Waals surface area contributed by atoms with Gasteiger partial charge in [0.15, 0.2) is 0 Å². The van der Waals surface area contributed by atoms with Crippen molar-refractivity contribution in [3.05, 3.63) is 65.0 Å². The minimum Gasteiger partial charge on any atom is -0.341 e. The number of imidazole rings is 1. The van der Waals surface area contributed by atoms with Crippen molar-refractivity contribution in [3.63, 3.8) is 0 Å². The maximum absolute atomic E-state index is 4.57. The van der Waals surface area contributed by atoms with E-state index in [0.717, 1.165) is 29.9 Å². The number of nitrogens with one attached hydrogen (secondary N) is 2. The van der Waals surface area contributed by atoms with Crippen LogP contribution in [0.25, 0.3) is 11.0 Å². The van der Waals surface area contributed by atoms with E-state index in [1.54, 1.807) is 0 Å². The van der Waals surface area contributed by atoms with Crippen LogP contribution < -0.4 is 5.32 Å². The Bertz CT molecular complexity index is 695. The number of aromatic amines is 1. The molecule has 1 heterocycles. The number of hydrogen-bond donors (Lipinski definition) is 2. The molecule has 1 aromatic heterocycles. The first-order valence-corrected chi connectivity index (χ1v) is 6.93. The predicted molar refractivity (Wildman–Crippen MR) is 82.6 cm³/mol. The van der Waals surface area contributed by atoms with Crippen LogP contribution in [0, 0.1) is 13.8 Å². The summed E-state index contributed by atoms with van der Waals surface area (Å²) in [5, 5.41) is 3.45. The van der Waals surface area contributed by atoms with Gasteiger partial charge in [-0.2, -0.15) is 0 Å². The van der Waals surface area contributed by atoms with Crippen molar-refractivity contribution < 1.29 is 0 Å². The molecular weight excluding hydrogens is 246 g/mol. The van der Waals surface area contributed by atoms with E-state index in [2.05, 4.69) is 53.4 Å². The lowest BCUT2D eigenvalue weighted by Crippen LogP contribution is -2.14. The summed E-state index contributed by atoms with van der Waals surface area (Å²) in [6.45, 7) is 5.94.